The summed E-state index contributed by atoms with van der Waals surface area (Å²) in [6, 6.07) is 13.5. The van der Waals surface area contributed by atoms with Gasteiger partial charge < -0.3 is 9.47 Å². The minimum absolute atomic E-state index is 0.326. The Bertz CT molecular complexity index is 578. The van der Waals surface area contributed by atoms with Crippen LogP contribution in [0, 0.1) is 0 Å². The molecule has 0 bridgehead atoms. The molecule has 2 aromatic carbocycles. The highest BCUT2D eigenvalue weighted by molar-refractivity contribution is 9.10. The van der Waals surface area contributed by atoms with E-state index in [1.54, 1.807) is 0 Å². The molecule has 0 saturated carbocycles. The fourth-order valence-electron chi connectivity index (χ4n) is 1.83. The monoisotopic (exact) mass is 352 g/mol. The molecule has 20 heavy (non-hydrogen) atoms. The van der Waals surface area contributed by atoms with Gasteiger partial charge in [-0.3, -0.25) is 0 Å². The second kappa shape index (κ2) is 6.74. The Kier molecular flexibility index (Phi) is 5.24. The van der Waals surface area contributed by atoms with Crippen molar-refractivity contribution in [1.29, 1.82) is 0 Å². The molecule has 2 rings (SSSR count). The Morgan fingerprint density at radius 2 is 1.70 bits per heavy atom. The van der Waals surface area contributed by atoms with Gasteiger partial charge >= 0.3 is 0 Å². The van der Waals surface area contributed by atoms with Crippen molar-refractivity contribution in [2.75, 3.05) is 13.4 Å². The fraction of sp³-hybridized carbons (Fsp3) is 0.375. The molecule has 0 radical (unpaired) electrons. The lowest BCUT2D eigenvalue weighted by Crippen LogP contribution is -2.22. The second-order valence-corrected chi connectivity index (χ2v) is 12.7. The van der Waals surface area contributed by atoms with Crippen LogP contribution in [0.4, 0.5) is 0 Å². The molecule has 0 heterocycles. The number of rotatable bonds is 6. The van der Waals surface area contributed by atoms with Crippen molar-refractivity contribution in [2.24, 2.45) is 0 Å². The number of fused-ring (bicyclic) bond motifs is 1. The first-order valence-corrected chi connectivity index (χ1v) is 11.3. The first kappa shape index (κ1) is 15.5. The normalized spacial score (nSPS) is 11.8. The van der Waals surface area contributed by atoms with Crippen LogP contribution in [0.25, 0.3) is 10.8 Å². The topological polar surface area (TPSA) is 18.5 Å². The standard InChI is InChI=1S/C16H21BrO2Si/c1-20(2,3)9-8-18-12-19-16-7-5-13-10-15(17)6-4-14(13)11-16/h4-7,10-11H,8-9,12H2,1-3H3. The highest BCUT2D eigenvalue weighted by Crippen LogP contribution is 2.24. The van der Waals surface area contributed by atoms with Gasteiger partial charge in [0.25, 0.3) is 0 Å². The van der Waals surface area contributed by atoms with E-state index in [1.807, 2.05) is 18.2 Å². The predicted octanol–water partition coefficient (Wildman–Crippen LogP) is 5.29. The van der Waals surface area contributed by atoms with Crippen LogP contribution in [0.2, 0.25) is 25.7 Å². The average Bonchev–Trinajstić information content (AvgIpc) is 2.37. The number of hydrogen-bond acceptors (Lipinski definition) is 2. The lowest BCUT2D eigenvalue weighted by atomic mass is 10.1. The van der Waals surface area contributed by atoms with E-state index in [2.05, 4.69) is 53.8 Å². The quantitative estimate of drug-likeness (QED) is 0.399. The molecule has 0 amide bonds. The molecule has 2 nitrogen and oxygen atoms in total. The number of ether oxygens (including phenoxy) is 2. The highest BCUT2D eigenvalue weighted by Gasteiger charge is 2.11. The molecule has 0 atom stereocenters. The van der Waals surface area contributed by atoms with Gasteiger partial charge in [0.2, 0.25) is 0 Å². The Balaban J connectivity index is 1.86. The summed E-state index contributed by atoms with van der Waals surface area (Å²) in [6.07, 6.45) is 0. The highest BCUT2D eigenvalue weighted by atomic mass is 79.9. The van der Waals surface area contributed by atoms with E-state index in [4.69, 9.17) is 9.47 Å². The molecule has 0 spiro atoms. The van der Waals surface area contributed by atoms with E-state index in [0.717, 1.165) is 16.8 Å². The summed E-state index contributed by atoms with van der Waals surface area (Å²) in [7, 11) is -1.01. The SMILES string of the molecule is C[Si](C)(C)CCOCOc1ccc2cc(Br)ccc2c1. The third-order valence-corrected chi connectivity index (χ3v) is 5.28. The van der Waals surface area contributed by atoms with Gasteiger partial charge in [-0.25, -0.2) is 0 Å². The zero-order valence-electron chi connectivity index (χ0n) is 12.3. The van der Waals surface area contributed by atoms with Crippen molar-refractivity contribution >= 4 is 34.8 Å². The first-order chi connectivity index (χ1) is 9.44. The number of benzene rings is 2. The van der Waals surface area contributed by atoms with E-state index in [9.17, 15) is 0 Å². The molecule has 4 heteroatoms. The molecule has 0 aliphatic carbocycles. The molecular weight excluding hydrogens is 332 g/mol. The molecule has 2 aromatic rings. The molecule has 0 aliphatic heterocycles. The smallest absolute Gasteiger partial charge is 0.189 e. The van der Waals surface area contributed by atoms with Crippen molar-refractivity contribution in [2.45, 2.75) is 25.7 Å². The van der Waals surface area contributed by atoms with E-state index >= 15 is 0 Å². The van der Waals surface area contributed by atoms with Gasteiger partial charge in [-0.05, 0) is 41.1 Å². The molecule has 0 unspecified atom stereocenters. The van der Waals surface area contributed by atoms with Crippen LogP contribution in [0.3, 0.4) is 0 Å². The third kappa shape index (κ3) is 4.92. The van der Waals surface area contributed by atoms with Crippen LogP contribution in [0.1, 0.15) is 0 Å². The van der Waals surface area contributed by atoms with Crippen molar-refractivity contribution in [3.8, 4) is 5.75 Å². The summed E-state index contributed by atoms with van der Waals surface area (Å²) >= 11 is 3.48. The third-order valence-electron chi connectivity index (χ3n) is 3.08. The Morgan fingerprint density at radius 1 is 1.00 bits per heavy atom. The van der Waals surface area contributed by atoms with Gasteiger partial charge in [0.05, 0.1) is 0 Å². The molecular formula is C16H21BrO2Si. The maximum atomic E-state index is 5.64. The molecule has 0 saturated heterocycles. The summed E-state index contributed by atoms with van der Waals surface area (Å²) in [5, 5.41) is 2.37. The van der Waals surface area contributed by atoms with Gasteiger partial charge in [0.1, 0.15) is 5.75 Å². The summed E-state index contributed by atoms with van der Waals surface area (Å²) in [4.78, 5) is 0. The van der Waals surface area contributed by atoms with E-state index in [-0.39, 0.29) is 0 Å². The van der Waals surface area contributed by atoms with Crippen molar-refractivity contribution in [1.82, 2.24) is 0 Å². The van der Waals surface area contributed by atoms with Crippen molar-refractivity contribution in [3.63, 3.8) is 0 Å². The predicted molar refractivity (Wildman–Crippen MR) is 91.2 cm³/mol. The minimum atomic E-state index is -1.01. The van der Waals surface area contributed by atoms with Crippen molar-refractivity contribution < 1.29 is 9.47 Å². The number of hydrogen-bond donors (Lipinski definition) is 0. The number of halogens is 1. The Morgan fingerprint density at radius 3 is 2.45 bits per heavy atom. The molecule has 0 N–H and O–H groups in total. The van der Waals surface area contributed by atoms with Gasteiger partial charge in [-0.2, -0.15) is 0 Å². The molecule has 0 aromatic heterocycles. The molecule has 0 fully saturated rings. The summed E-state index contributed by atoms with van der Waals surface area (Å²) in [5.41, 5.74) is 0. The summed E-state index contributed by atoms with van der Waals surface area (Å²) in [5.74, 6) is 0.854. The zero-order chi connectivity index (χ0) is 14.6. The van der Waals surface area contributed by atoms with E-state index in [0.29, 0.717) is 6.79 Å². The molecule has 108 valence electrons. The van der Waals surface area contributed by atoms with Gasteiger partial charge in [-0.15, -0.1) is 0 Å². The van der Waals surface area contributed by atoms with Crippen LogP contribution >= 0.6 is 15.9 Å². The lowest BCUT2D eigenvalue weighted by Gasteiger charge is -2.15. The van der Waals surface area contributed by atoms with E-state index in [1.165, 1.54) is 16.8 Å². The second-order valence-electron chi connectivity index (χ2n) is 6.13. The van der Waals surface area contributed by atoms with E-state index < -0.39 is 8.07 Å². The Hall–Kier alpha value is -0.843. The zero-order valence-corrected chi connectivity index (χ0v) is 14.9. The van der Waals surface area contributed by atoms with Crippen LogP contribution in [0.5, 0.6) is 5.75 Å². The largest absolute Gasteiger partial charge is 0.468 e. The van der Waals surface area contributed by atoms with Crippen LogP contribution < -0.4 is 4.74 Å². The Labute approximate surface area is 130 Å². The van der Waals surface area contributed by atoms with Crippen molar-refractivity contribution in [3.05, 3.63) is 40.9 Å². The average molecular weight is 353 g/mol. The lowest BCUT2D eigenvalue weighted by molar-refractivity contribution is 0.0221. The van der Waals surface area contributed by atoms with Crippen LogP contribution in [-0.2, 0) is 4.74 Å². The first-order valence-electron chi connectivity index (χ1n) is 6.84. The van der Waals surface area contributed by atoms with Gasteiger partial charge in [0, 0.05) is 19.2 Å². The maximum absolute atomic E-state index is 5.64. The summed E-state index contributed by atoms with van der Waals surface area (Å²) in [6.45, 7) is 8.15. The van der Waals surface area contributed by atoms with Gasteiger partial charge in [-0.1, -0.05) is 47.7 Å². The van der Waals surface area contributed by atoms with Gasteiger partial charge in [0.15, 0.2) is 6.79 Å². The molecule has 0 aliphatic rings. The summed E-state index contributed by atoms with van der Waals surface area (Å²) < 4.78 is 12.3. The van der Waals surface area contributed by atoms with Crippen LogP contribution in [-0.4, -0.2) is 21.5 Å². The maximum Gasteiger partial charge on any atom is 0.189 e. The fourth-order valence-corrected chi connectivity index (χ4v) is 2.97. The van der Waals surface area contributed by atoms with Crippen LogP contribution in [0.15, 0.2) is 40.9 Å². The minimum Gasteiger partial charge on any atom is -0.468 e.